The second-order valence-corrected chi connectivity index (χ2v) is 4.78. The van der Waals surface area contributed by atoms with Gasteiger partial charge in [0.15, 0.2) is 0 Å². The molecule has 0 atom stereocenters. The van der Waals surface area contributed by atoms with Gasteiger partial charge >= 0.3 is 0 Å². The summed E-state index contributed by atoms with van der Waals surface area (Å²) in [6, 6.07) is 0. The molecule has 0 saturated heterocycles. The SMILES string of the molecule is CC1CCCC1.CC1CCCC1.[Pd]. The zero-order chi connectivity index (χ0) is 8.81. The Labute approximate surface area is 97.5 Å². The van der Waals surface area contributed by atoms with E-state index in [2.05, 4.69) is 13.8 Å². The van der Waals surface area contributed by atoms with E-state index in [0.717, 1.165) is 11.8 Å². The average molecular weight is 275 g/mol. The van der Waals surface area contributed by atoms with Crippen LogP contribution in [0.3, 0.4) is 0 Å². The molecule has 1 heteroatoms. The Hall–Kier alpha value is 0.662. The van der Waals surface area contributed by atoms with E-state index >= 15 is 0 Å². The Morgan fingerprint density at radius 3 is 0.923 bits per heavy atom. The second kappa shape index (κ2) is 8.01. The van der Waals surface area contributed by atoms with E-state index < -0.39 is 0 Å². The van der Waals surface area contributed by atoms with Crippen molar-refractivity contribution in [2.45, 2.75) is 65.2 Å². The van der Waals surface area contributed by atoms with Crippen molar-refractivity contribution in [1.82, 2.24) is 0 Å². The summed E-state index contributed by atoms with van der Waals surface area (Å²) in [6.45, 7) is 4.68. The summed E-state index contributed by atoms with van der Waals surface area (Å²) >= 11 is 0. The molecule has 2 saturated carbocycles. The fourth-order valence-electron chi connectivity index (χ4n) is 2.26. The van der Waals surface area contributed by atoms with Gasteiger partial charge in [-0.15, -0.1) is 0 Å². The van der Waals surface area contributed by atoms with Gasteiger partial charge in [-0.05, 0) is 11.8 Å². The van der Waals surface area contributed by atoms with E-state index in [1.165, 1.54) is 51.4 Å². The third-order valence-corrected chi connectivity index (χ3v) is 3.29. The first-order valence-corrected chi connectivity index (χ1v) is 5.79. The van der Waals surface area contributed by atoms with Crippen molar-refractivity contribution in [3.63, 3.8) is 0 Å². The normalized spacial score (nSPS) is 23.5. The van der Waals surface area contributed by atoms with Crippen LogP contribution in [-0.4, -0.2) is 0 Å². The van der Waals surface area contributed by atoms with Gasteiger partial charge in [0.2, 0.25) is 0 Å². The predicted octanol–water partition coefficient (Wildman–Crippen LogP) is 4.39. The van der Waals surface area contributed by atoms with Crippen molar-refractivity contribution in [2.75, 3.05) is 0 Å². The van der Waals surface area contributed by atoms with Crippen LogP contribution < -0.4 is 0 Å². The molecule has 0 aromatic heterocycles. The summed E-state index contributed by atoms with van der Waals surface area (Å²) in [5.74, 6) is 2.09. The molecule has 82 valence electrons. The molecule has 0 aromatic rings. The van der Waals surface area contributed by atoms with Crippen molar-refractivity contribution >= 4 is 0 Å². The van der Waals surface area contributed by atoms with Crippen LogP contribution in [-0.2, 0) is 20.4 Å². The third kappa shape index (κ3) is 6.70. The molecular formula is C12H24Pd. The first-order valence-electron chi connectivity index (χ1n) is 5.79. The molecule has 0 amide bonds. The van der Waals surface area contributed by atoms with Gasteiger partial charge in [-0.3, -0.25) is 0 Å². The van der Waals surface area contributed by atoms with Crippen molar-refractivity contribution in [2.24, 2.45) is 11.8 Å². The molecule has 2 aliphatic carbocycles. The van der Waals surface area contributed by atoms with E-state index in [-0.39, 0.29) is 20.4 Å². The minimum Gasteiger partial charge on any atom is -0.0625 e. The molecular weight excluding hydrogens is 251 g/mol. The van der Waals surface area contributed by atoms with Crippen LogP contribution in [0.5, 0.6) is 0 Å². The maximum absolute atomic E-state index is 2.34. The molecule has 2 fully saturated rings. The number of hydrogen-bond acceptors (Lipinski definition) is 0. The molecule has 0 unspecified atom stereocenters. The van der Waals surface area contributed by atoms with Crippen LogP contribution in [0.2, 0.25) is 0 Å². The fraction of sp³-hybridized carbons (Fsp3) is 1.00. The van der Waals surface area contributed by atoms with Crippen molar-refractivity contribution in [3.8, 4) is 0 Å². The average Bonchev–Trinajstić information content (AvgIpc) is 2.63. The zero-order valence-electron chi connectivity index (χ0n) is 9.13. The molecule has 0 N–H and O–H groups in total. The second-order valence-electron chi connectivity index (χ2n) is 4.78. The van der Waals surface area contributed by atoms with E-state index in [1.807, 2.05) is 0 Å². The van der Waals surface area contributed by atoms with E-state index in [4.69, 9.17) is 0 Å². The topological polar surface area (TPSA) is 0 Å². The Bertz CT molecular complexity index is 85.7. The molecule has 2 aliphatic rings. The zero-order valence-corrected chi connectivity index (χ0v) is 10.7. The van der Waals surface area contributed by atoms with Gasteiger partial charge < -0.3 is 0 Å². The van der Waals surface area contributed by atoms with Gasteiger partial charge in [0, 0.05) is 20.4 Å². The molecule has 0 heterocycles. The van der Waals surface area contributed by atoms with Crippen LogP contribution in [0.1, 0.15) is 65.2 Å². The van der Waals surface area contributed by atoms with E-state index in [0.29, 0.717) is 0 Å². The van der Waals surface area contributed by atoms with E-state index in [9.17, 15) is 0 Å². The number of hydrogen-bond donors (Lipinski definition) is 0. The maximum Gasteiger partial charge on any atom is 0 e. The molecule has 0 aliphatic heterocycles. The molecule has 2 rings (SSSR count). The van der Waals surface area contributed by atoms with Gasteiger partial charge in [-0.2, -0.15) is 0 Å². The van der Waals surface area contributed by atoms with Crippen LogP contribution in [0.25, 0.3) is 0 Å². The quantitative estimate of drug-likeness (QED) is 0.575. The van der Waals surface area contributed by atoms with Crippen molar-refractivity contribution in [1.29, 1.82) is 0 Å². The van der Waals surface area contributed by atoms with E-state index in [1.54, 1.807) is 0 Å². The summed E-state index contributed by atoms with van der Waals surface area (Å²) in [5, 5.41) is 0. The first-order chi connectivity index (χ1) is 5.79. The van der Waals surface area contributed by atoms with Gasteiger partial charge in [0.1, 0.15) is 0 Å². The predicted molar refractivity (Wildman–Crippen MR) is 55.3 cm³/mol. The summed E-state index contributed by atoms with van der Waals surface area (Å²) in [7, 11) is 0. The Kier molecular flexibility index (Phi) is 8.42. The molecule has 13 heavy (non-hydrogen) atoms. The van der Waals surface area contributed by atoms with Crippen molar-refractivity contribution < 1.29 is 20.4 Å². The van der Waals surface area contributed by atoms with Gasteiger partial charge in [-0.25, -0.2) is 0 Å². The largest absolute Gasteiger partial charge is 0.0625 e. The standard InChI is InChI=1S/2C6H12.Pd/c2*1-6-4-2-3-5-6;/h2*6H,2-5H2,1H3;. The fourth-order valence-corrected chi connectivity index (χ4v) is 2.26. The molecule has 0 aromatic carbocycles. The van der Waals surface area contributed by atoms with Gasteiger partial charge in [0.05, 0.1) is 0 Å². The summed E-state index contributed by atoms with van der Waals surface area (Å²) < 4.78 is 0. The van der Waals surface area contributed by atoms with Gasteiger partial charge in [0.25, 0.3) is 0 Å². The minimum absolute atomic E-state index is 0. The van der Waals surface area contributed by atoms with Gasteiger partial charge in [-0.1, -0.05) is 65.2 Å². The Morgan fingerprint density at radius 1 is 0.615 bits per heavy atom. The molecule has 0 bridgehead atoms. The monoisotopic (exact) mass is 274 g/mol. The maximum atomic E-state index is 2.34. The summed E-state index contributed by atoms with van der Waals surface area (Å²) in [5.41, 5.74) is 0. The minimum atomic E-state index is 0. The number of rotatable bonds is 0. The van der Waals surface area contributed by atoms with Crippen LogP contribution in [0.15, 0.2) is 0 Å². The Balaban J connectivity index is 0.000000206. The van der Waals surface area contributed by atoms with Crippen molar-refractivity contribution in [3.05, 3.63) is 0 Å². The summed E-state index contributed by atoms with van der Waals surface area (Å²) in [6.07, 6.45) is 11.9. The molecule has 0 radical (unpaired) electrons. The molecule has 0 nitrogen and oxygen atoms in total. The van der Waals surface area contributed by atoms with Crippen LogP contribution in [0, 0.1) is 11.8 Å². The smallest absolute Gasteiger partial charge is 0 e. The Morgan fingerprint density at radius 2 is 0.846 bits per heavy atom. The third-order valence-electron chi connectivity index (χ3n) is 3.29. The molecule has 0 spiro atoms. The first kappa shape index (κ1) is 13.7. The summed E-state index contributed by atoms with van der Waals surface area (Å²) in [4.78, 5) is 0. The van der Waals surface area contributed by atoms with Crippen LogP contribution >= 0.6 is 0 Å². The van der Waals surface area contributed by atoms with Crippen LogP contribution in [0.4, 0.5) is 0 Å².